The van der Waals surface area contributed by atoms with Gasteiger partial charge in [-0.3, -0.25) is 10.1 Å². The van der Waals surface area contributed by atoms with Crippen molar-refractivity contribution in [1.29, 1.82) is 0 Å². The molecule has 0 aliphatic heterocycles. The predicted octanol–water partition coefficient (Wildman–Crippen LogP) is 3.86. The van der Waals surface area contributed by atoms with E-state index in [2.05, 4.69) is 25.9 Å². The Morgan fingerprint density at radius 2 is 1.96 bits per heavy atom. The average Bonchev–Trinajstić information content (AvgIpc) is 3.28. The predicted molar refractivity (Wildman–Crippen MR) is 115 cm³/mol. The SMILES string of the molecule is CNC(=O)Nc1nc(N)c(-c2nc(-c3cccc(NC(=O)C(C)C)c3)cs2)s1. The molecule has 0 saturated heterocycles. The third-order valence-electron chi connectivity index (χ3n) is 3.75. The number of thiazole rings is 2. The van der Waals surface area contributed by atoms with E-state index in [9.17, 15) is 9.59 Å². The van der Waals surface area contributed by atoms with Gasteiger partial charge in [0, 0.05) is 29.6 Å². The summed E-state index contributed by atoms with van der Waals surface area (Å²) in [6, 6.07) is 7.16. The lowest BCUT2D eigenvalue weighted by Crippen LogP contribution is -2.24. The Hall–Kier alpha value is -2.98. The van der Waals surface area contributed by atoms with Gasteiger partial charge in [-0.15, -0.1) is 11.3 Å². The molecule has 2 heterocycles. The van der Waals surface area contributed by atoms with E-state index in [4.69, 9.17) is 5.73 Å². The molecule has 3 amide bonds. The van der Waals surface area contributed by atoms with E-state index < -0.39 is 0 Å². The van der Waals surface area contributed by atoms with Crippen molar-refractivity contribution in [2.75, 3.05) is 23.4 Å². The lowest BCUT2D eigenvalue weighted by Gasteiger charge is -2.08. The van der Waals surface area contributed by atoms with Gasteiger partial charge >= 0.3 is 6.03 Å². The van der Waals surface area contributed by atoms with Crippen LogP contribution in [0.3, 0.4) is 0 Å². The second-order valence-corrected chi connectivity index (χ2v) is 8.06. The fourth-order valence-electron chi connectivity index (χ4n) is 2.25. The van der Waals surface area contributed by atoms with Gasteiger partial charge in [-0.05, 0) is 12.1 Å². The highest BCUT2D eigenvalue weighted by atomic mass is 32.1. The summed E-state index contributed by atoms with van der Waals surface area (Å²) in [4.78, 5) is 32.9. The monoisotopic (exact) mass is 416 g/mol. The third-order valence-corrected chi connectivity index (χ3v) is 5.73. The summed E-state index contributed by atoms with van der Waals surface area (Å²) in [6.07, 6.45) is 0. The molecular formula is C18H20N6O2S2. The van der Waals surface area contributed by atoms with Crippen LogP contribution in [0.25, 0.3) is 21.1 Å². The van der Waals surface area contributed by atoms with Gasteiger partial charge in [0.05, 0.1) is 5.69 Å². The molecule has 146 valence electrons. The third kappa shape index (κ3) is 4.46. The molecule has 0 fully saturated rings. The first-order valence-corrected chi connectivity index (χ1v) is 10.2. The lowest BCUT2D eigenvalue weighted by atomic mass is 10.1. The van der Waals surface area contributed by atoms with Gasteiger partial charge in [-0.1, -0.05) is 37.3 Å². The summed E-state index contributed by atoms with van der Waals surface area (Å²) in [5.41, 5.74) is 8.37. The van der Waals surface area contributed by atoms with Crippen LogP contribution in [0.2, 0.25) is 0 Å². The van der Waals surface area contributed by atoms with Gasteiger partial charge in [-0.25, -0.2) is 14.8 Å². The number of nitrogens with zero attached hydrogens (tertiary/aromatic N) is 2. The van der Waals surface area contributed by atoms with Crippen molar-refractivity contribution in [2.24, 2.45) is 5.92 Å². The summed E-state index contributed by atoms with van der Waals surface area (Å²) in [5.74, 6) is 0.182. The number of nitrogen functional groups attached to an aromatic ring is 1. The molecule has 10 heteroatoms. The number of amides is 3. The molecule has 0 bridgehead atoms. The molecule has 1 aromatic carbocycles. The standard InChI is InChI=1S/C18H20N6O2S2/c1-9(2)15(25)21-11-6-4-5-10(7-11)12-8-27-16(22-12)13-14(19)23-18(28-13)24-17(26)20-3/h4-9H,19H2,1-3H3,(H,21,25)(H2,20,23,24,26). The molecule has 28 heavy (non-hydrogen) atoms. The first-order valence-electron chi connectivity index (χ1n) is 8.49. The highest BCUT2D eigenvalue weighted by molar-refractivity contribution is 7.23. The number of hydrogen-bond donors (Lipinski definition) is 4. The first-order chi connectivity index (χ1) is 13.4. The van der Waals surface area contributed by atoms with E-state index in [0.717, 1.165) is 16.9 Å². The van der Waals surface area contributed by atoms with Crippen LogP contribution in [0.4, 0.5) is 21.4 Å². The highest BCUT2D eigenvalue weighted by Crippen LogP contribution is 2.38. The molecule has 5 N–H and O–H groups in total. The number of nitrogens with one attached hydrogen (secondary N) is 3. The Labute approximate surface area is 170 Å². The number of rotatable bonds is 5. The zero-order valence-electron chi connectivity index (χ0n) is 15.6. The molecule has 0 spiro atoms. The maximum Gasteiger partial charge on any atom is 0.320 e. The van der Waals surface area contributed by atoms with Crippen LogP contribution >= 0.6 is 22.7 Å². The second-order valence-electron chi connectivity index (χ2n) is 6.20. The van der Waals surface area contributed by atoms with Crippen LogP contribution in [-0.4, -0.2) is 29.0 Å². The number of aromatic nitrogens is 2. The number of benzene rings is 1. The van der Waals surface area contributed by atoms with Crippen molar-refractivity contribution in [3.63, 3.8) is 0 Å². The number of carbonyl (C=O) groups is 2. The Morgan fingerprint density at radius 1 is 1.18 bits per heavy atom. The summed E-state index contributed by atoms with van der Waals surface area (Å²) in [6.45, 7) is 3.69. The normalized spacial score (nSPS) is 10.7. The molecule has 0 saturated carbocycles. The van der Waals surface area contributed by atoms with Gasteiger partial charge in [0.25, 0.3) is 0 Å². The zero-order valence-corrected chi connectivity index (χ0v) is 17.2. The van der Waals surface area contributed by atoms with Gasteiger partial charge in [-0.2, -0.15) is 0 Å². The second kappa shape index (κ2) is 8.36. The Balaban J connectivity index is 1.83. The summed E-state index contributed by atoms with van der Waals surface area (Å²) < 4.78 is 0. The Bertz CT molecular complexity index is 1010. The zero-order chi connectivity index (χ0) is 20.3. The summed E-state index contributed by atoms with van der Waals surface area (Å²) in [7, 11) is 1.53. The van der Waals surface area contributed by atoms with E-state index >= 15 is 0 Å². The van der Waals surface area contributed by atoms with Gasteiger partial charge in [0.15, 0.2) is 5.13 Å². The van der Waals surface area contributed by atoms with Crippen LogP contribution in [0, 0.1) is 5.92 Å². The molecule has 8 nitrogen and oxygen atoms in total. The van der Waals surface area contributed by atoms with Crippen molar-refractivity contribution < 1.29 is 9.59 Å². The van der Waals surface area contributed by atoms with Crippen LogP contribution in [0.1, 0.15) is 13.8 Å². The average molecular weight is 417 g/mol. The molecule has 3 rings (SSSR count). The molecular weight excluding hydrogens is 396 g/mol. The molecule has 2 aromatic heterocycles. The van der Waals surface area contributed by atoms with Crippen molar-refractivity contribution in [2.45, 2.75) is 13.8 Å². The summed E-state index contributed by atoms with van der Waals surface area (Å²) >= 11 is 2.70. The smallest absolute Gasteiger partial charge is 0.320 e. The molecule has 3 aromatic rings. The fourth-order valence-corrected chi connectivity index (χ4v) is 4.06. The Morgan fingerprint density at radius 3 is 2.68 bits per heavy atom. The van der Waals surface area contributed by atoms with Crippen LogP contribution in [0.15, 0.2) is 29.6 Å². The fraction of sp³-hybridized carbons (Fsp3) is 0.222. The molecule has 0 radical (unpaired) electrons. The van der Waals surface area contributed by atoms with Crippen molar-refractivity contribution in [1.82, 2.24) is 15.3 Å². The van der Waals surface area contributed by atoms with Crippen molar-refractivity contribution in [3.05, 3.63) is 29.6 Å². The number of urea groups is 1. The molecule has 0 unspecified atom stereocenters. The summed E-state index contributed by atoms with van der Waals surface area (Å²) in [5, 5.41) is 11.0. The van der Waals surface area contributed by atoms with E-state index in [1.54, 1.807) is 0 Å². The van der Waals surface area contributed by atoms with Gasteiger partial charge < -0.3 is 16.4 Å². The first kappa shape index (κ1) is 19.8. The lowest BCUT2D eigenvalue weighted by molar-refractivity contribution is -0.118. The van der Waals surface area contributed by atoms with Gasteiger partial charge in [0.1, 0.15) is 15.7 Å². The van der Waals surface area contributed by atoms with Crippen LogP contribution in [0.5, 0.6) is 0 Å². The maximum atomic E-state index is 11.9. The molecule has 0 aliphatic rings. The molecule has 0 atom stereocenters. The minimum absolute atomic E-state index is 0.0373. The highest BCUT2D eigenvalue weighted by Gasteiger charge is 2.16. The maximum absolute atomic E-state index is 11.9. The van der Waals surface area contributed by atoms with E-state index in [0.29, 0.717) is 20.8 Å². The van der Waals surface area contributed by atoms with Crippen molar-refractivity contribution >= 4 is 51.2 Å². The van der Waals surface area contributed by atoms with Crippen LogP contribution in [-0.2, 0) is 4.79 Å². The Kier molecular flexibility index (Phi) is 5.90. The van der Waals surface area contributed by atoms with E-state index in [1.165, 1.54) is 29.7 Å². The van der Waals surface area contributed by atoms with Gasteiger partial charge in [0.2, 0.25) is 5.91 Å². The quantitative estimate of drug-likeness (QED) is 0.503. The van der Waals surface area contributed by atoms with E-state index in [-0.39, 0.29) is 17.9 Å². The minimum Gasteiger partial charge on any atom is -0.382 e. The minimum atomic E-state index is -0.361. The van der Waals surface area contributed by atoms with Crippen molar-refractivity contribution in [3.8, 4) is 21.1 Å². The number of nitrogens with two attached hydrogens (primary N) is 1. The van der Waals surface area contributed by atoms with Crippen LogP contribution < -0.4 is 21.7 Å². The van der Waals surface area contributed by atoms with E-state index in [1.807, 2.05) is 43.5 Å². The number of hydrogen-bond acceptors (Lipinski definition) is 7. The topological polar surface area (TPSA) is 122 Å². The largest absolute Gasteiger partial charge is 0.382 e. The molecule has 0 aliphatic carbocycles. The number of carbonyl (C=O) groups excluding carboxylic acids is 2. The number of anilines is 3.